The Morgan fingerprint density at radius 1 is 1.47 bits per heavy atom. The van der Waals surface area contributed by atoms with E-state index in [0.717, 1.165) is 18.5 Å². The van der Waals surface area contributed by atoms with Gasteiger partial charge in [0.1, 0.15) is 6.10 Å². The van der Waals surface area contributed by atoms with Crippen molar-refractivity contribution in [3.05, 3.63) is 35.4 Å². The molecule has 1 fully saturated rings. The lowest BCUT2D eigenvalue weighted by atomic mass is 9.98. The molecule has 1 aliphatic rings. The summed E-state index contributed by atoms with van der Waals surface area (Å²) >= 11 is 0. The van der Waals surface area contributed by atoms with Gasteiger partial charge in [0.15, 0.2) is 5.78 Å². The molecule has 0 aromatic heterocycles. The summed E-state index contributed by atoms with van der Waals surface area (Å²) in [4.78, 5) is 14.6. The predicted molar refractivity (Wildman–Crippen MR) is 76.6 cm³/mol. The van der Waals surface area contributed by atoms with Crippen LogP contribution in [0.2, 0.25) is 0 Å². The van der Waals surface area contributed by atoms with Crippen LogP contribution in [0.4, 0.5) is 0 Å². The van der Waals surface area contributed by atoms with Crippen LogP contribution in [0, 0.1) is 5.92 Å². The highest BCUT2D eigenvalue weighted by atomic mass is 16.5. The standard InChI is InChI=1S/C16H23NO2/c1-12(2)9-13-5-4-6-14(10-13)16(18)15-11-17(3)7-8-19-15/h4-6,10,12,15H,7-9,11H2,1-3H3. The largest absolute Gasteiger partial charge is 0.367 e. The minimum Gasteiger partial charge on any atom is -0.367 e. The quantitative estimate of drug-likeness (QED) is 0.779. The smallest absolute Gasteiger partial charge is 0.192 e. The number of nitrogens with zero attached hydrogens (tertiary/aromatic N) is 1. The van der Waals surface area contributed by atoms with Crippen LogP contribution in [-0.2, 0) is 11.2 Å². The van der Waals surface area contributed by atoms with Crippen LogP contribution in [0.1, 0.15) is 29.8 Å². The molecular formula is C16H23NO2. The number of carbonyl (C=O) groups is 1. The third kappa shape index (κ3) is 3.88. The average Bonchev–Trinajstić information content (AvgIpc) is 2.37. The lowest BCUT2D eigenvalue weighted by molar-refractivity contribution is -0.00862. The zero-order valence-corrected chi connectivity index (χ0v) is 12.1. The zero-order chi connectivity index (χ0) is 13.8. The van der Waals surface area contributed by atoms with Gasteiger partial charge in [-0.2, -0.15) is 0 Å². The van der Waals surface area contributed by atoms with Crippen LogP contribution >= 0.6 is 0 Å². The summed E-state index contributed by atoms with van der Waals surface area (Å²) in [6.45, 7) is 6.60. The first-order valence-corrected chi connectivity index (χ1v) is 6.99. The Morgan fingerprint density at radius 2 is 2.26 bits per heavy atom. The summed E-state index contributed by atoms with van der Waals surface area (Å²) in [6, 6.07) is 7.96. The van der Waals surface area contributed by atoms with Gasteiger partial charge in [0.25, 0.3) is 0 Å². The number of likely N-dealkylation sites (N-methyl/N-ethyl adjacent to an activating group) is 1. The van der Waals surface area contributed by atoms with Gasteiger partial charge in [0, 0.05) is 18.7 Å². The van der Waals surface area contributed by atoms with Crippen molar-refractivity contribution < 1.29 is 9.53 Å². The summed E-state index contributed by atoms with van der Waals surface area (Å²) in [5.74, 6) is 0.708. The van der Waals surface area contributed by atoms with Crippen LogP contribution in [0.3, 0.4) is 0 Å². The maximum absolute atomic E-state index is 12.4. The summed E-state index contributed by atoms with van der Waals surface area (Å²) in [5, 5.41) is 0. The number of hydrogen-bond donors (Lipinski definition) is 0. The molecule has 0 saturated carbocycles. The second-order valence-electron chi connectivity index (χ2n) is 5.78. The summed E-state index contributed by atoms with van der Waals surface area (Å²) in [6.07, 6.45) is 0.695. The third-order valence-electron chi connectivity index (χ3n) is 3.42. The molecule has 0 aliphatic carbocycles. The maximum atomic E-state index is 12.4. The van der Waals surface area contributed by atoms with Gasteiger partial charge in [0.2, 0.25) is 0 Å². The van der Waals surface area contributed by atoms with Crippen molar-refractivity contribution in [2.45, 2.75) is 26.4 Å². The number of carbonyl (C=O) groups excluding carboxylic acids is 1. The molecule has 1 unspecified atom stereocenters. The Morgan fingerprint density at radius 3 is 2.95 bits per heavy atom. The van der Waals surface area contributed by atoms with E-state index in [1.807, 2.05) is 25.2 Å². The predicted octanol–water partition coefficient (Wildman–Crippen LogP) is 2.40. The maximum Gasteiger partial charge on any atom is 0.192 e. The van der Waals surface area contributed by atoms with Crippen molar-refractivity contribution in [3.63, 3.8) is 0 Å². The van der Waals surface area contributed by atoms with Crippen molar-refractivity contribution >= 4 is 5.78 Å². The van der Waals surface area contributed by atoms with Crippen LogP contribution < -0.4 is 0 Å². The van der Waals surface area contributed by atoms with Crippen LogP contribution in [0.15, 0.2) is 24.3 Å². The molecule has 0 spiro atoms. The SMILES string of the molecule is CC(C)Cc1cccc(C(=O)C2CN(C)CCO2)c1. The van der Waals surface area contributed by atoms with Crippen molar-refractivity contribution in [2.75, 3.05) is 26.7 Å². The highest BCUT2D eigenvalue weighted by Gasteiger charge is 2.25. The van der Waals surface area contributed by atoms with Crippen molar-refractivity contribution in [3.8, 4) is 0 Å². The summed E-state index contributed by atoms with van der Waals surface area (Å²) in [5.41, 5.74) is 2.00. The van der Waals surface area contributed by atoms with E-state index in [-0.39, 0.29) is 11.9 Å². The first-order valence-electron chi connectivity index (χ1n) is 6.99. The number of hydrogen-bond acceptors (Lipinski definition) is 3. The fourth-order valence-electron chi connectivity index (χ4n) is 2.45. The Labute approximate surface area is 115 Å². The average molecular weight is 261 g/mol. The van der Waals surface area contributed by atoms with Gasteiger partial charge in [-0.25, -0.2) is 0 Å². The molecule has 0 N–H and O–H groups in total. The summed E-state index contributed by atoms with van der Waals surface area (Å²) in [7, 11) is 2.03. The molecule has 0 radical (unpaired) electrons. The van der Waals surface area contributed by atoms with E-state index >= 15 is 0 Å². The Bertz CT molecular complexity index is 442. The first-order chi connectivity index (χ1) is 9.06. The van der Waals surface area contributed by atoms with E-state index in [0.29, 0.717) is 19.1 Å². The molecule has 19 heavy (non-hydrogen) atoms. The molecule has 3 nitrogen and oxygen atoms in total. The molecular weight excluding hydrogens is 238 g/mol. The van der Waals surface area contributed by atoms with E-state index in [2.05, 4.69) is 24.8 Å². The first kappa shape index (κ1) is 14.2. The molecule has 1 aromatic rings. The van der Waals surface area contributed by atoms with Crippen molar-refractivity contribution in [1.29, 1.82) is 0 Å². The van der Waals surface area contributed by atoms with Gasteiger partial charge in [-0.1, -0.05) is 32.0 Å². The number of rotatable bonds is 4. The van der Waals surface area contributed by atoms with Gasteiger partial charge >= 0.3 is 0 Å². The van der Waals surface area contributed by atoms with Gasteiger partial charge in [-0.3, -0.25) is 4.79 Å². The molecule has 0 bridgehead atoms. The van der Waals surface area contributed by atoms with E-state index in [9.17, 15) is 4.79 Å². The number of ketones is 1. The Kier molecular flexibility index (Phi) is 4.72. The minimum atomic E-state index is -0.312. The zero-order valence-electron chi connectivity index (χ0n) is 12.1. The highest BCUT2D eigenvalue weighted by Crippen LogP contribution is 2.15. The molecule has 0 amide bonds. The second-order valence-corrected chi connectivity index (χ2v) is 5.78. The van der Waals surface area contributed by atoms with E-state index in [4.69, 9.17) is 4.74 Å². The molecule has 1 atom stereocenters. The second kappa shape index (κ2) is 6.31. The fourth-order valence-corrected chi connectivity index (χ4v) is 2.45. The lowest BCUT2D eigenvalue weighted by Crippen LogP contribution is -2.44. The monoisotopic (exact) mass is 261 g/mol. The van der Waals surface area contributed by atoms with Gasteiger partial charge in [0.05, 0.1) is 6.61 Å². The molecule has 104 valence electrons. The Hall–Kier alpha value is -1.19. The van der Waals surface area contributed by atoms with Crippen molar-refractivity contribution in [2.24, 2.45) is 5.92 Å². The summed E-state index contributed by atoms with van der Waals surface area (Å²) < 4.78 is 5.59. The number of morpholine rings is 1. The van der Waals surface area contributed by atoms with E-state index in [1.165, 1.54) is 5.56 Å². The molecule has 2 rings (SSSR count). The van der Waals surface area contributed by atoms with Crippen LogP contribution in [0.5, 0.6) is 0 Å². The van der Waals surface area contributed by atoms with Crippen LogP contribution in [0.25, 0.3) is 0 Å². The topological polar surface area (TPSA) is 29.5 Å². The third-order valence-corrected chi connectivity index (χ3v) is 3.42. The lowest BCUT2D eigenvalue weighted by Gasteiger charge is -2.29. The van der Waals surface area contributed by atoms with Gasteiger partial charge in [-0.15, -0.1) is 0 Å². The molecule has 1 saturated heterocycles. The Balaban J connectivity index is 2.10. The normalized spacial score (nSPS) is 20.7. The molecule has 3 heteroatoms. The number of ether oxygens (including phenoxy) is 1. The fraction of sp³-hybridized carbons (Fsp3) is 0.562. The molecule has 1 aromatic carbocycles. The molecule has 1 aliphatic heterocycles. The van der Waals surface area contributed by atoms with E-state index in [1.54, 1.807) is 0 Å². The minimum absolute atomic E-state index is 0.108. The number of Topliss-reactive ketones (excluding diaryl/α,β-unsaturated/α-hetero) is 1. The van der Waals surface area contributed by atoms with Gasteiger partial charge < -0.3 is 9.64 Å². The van der Waals surface area contributed by atoms with Gasteiger partial charge in [-0.05, 0) is 31.0 Å². The molecule has 1 heterocycles. The van der Waals surface area contributed by atoms with Crippen LogP contribution in [-0.4, -0.2) is 43.5 Å². The number of benzene rings is 1. The van der Waals surface area contributed by atoms with Crippen molar-refractivity contribution in [1.82, 2.24) is 4.90 Å². The van der Waals surface area contributed by atoms with E-state index < -0.39 is 0 Å². The highest BCUT2D eigenvalue weighted by molar-refractivity contribution is 5.99.